The van der Waals surface area contributed by atoms with Gasteiger partial charge < -0.3 is 0 Å². The summed E-state index contributed by atoms with van der Waals surface area (Å²) in [6.07, 6.45) is 0. The van der Waals surface area contributed by atoms with Crippen LogP contribution in [-0.4, -0.2) is 10.5 Å². The molecule has 0 heterocycles. The molecular weight excluding hydrogens is 204 g/mol. The maximum Gasteiger partial charge on any atom is 0.253 e. The van der Waals surface area contributed by atoms with Gasteiger partial charge in [-0.05, 0) is 23.7 Å². The standard InChI is InChI=1S/C10H11ClOS/c1-7(2)13-9-6-4-3-5-8(9)10(11)12/h3-7H,1-2H3. The zero-order valence-corrected chi connectivity index (χ0v) is 9.15. The van der Waals surface area contributed by atoms with Gasteiger partial charge in [-0.2, -0.15) is 0 Å². The molecule has 0 bridgehead atoms. The van der Waals surface area contributed by atoms with E-state index >= 15 is 0 Å². The molecule has 0 aliphatic heterocycles. The third kappa shape index (κ3) is 3.05. The third-order valence-corrected chi connectivity index (χ3v) is 2.75. The largest absolute Gasteiger partial charge is 0.276 e. The number of benzene rings is 1. The van der Waals surface area contributed by atoms with Gasteiger partial charge in [-0.1, -0.05) is 26.0 Å². The van der Waals surface area contributed by atoms with Gasteiger partial charge >= 0.3 is 0 Å². The van der Waals surface area contributed by atoms with E-state index in [1.807, 2.05) is 18.2 Å². The average molecular weight is 215 g/mol. The Morgan fingerprint density at radius 2 is 2.00 bits per heavy atom. The van der Waals surface area contributed by atoms with Crippen LogP contribution in [0.15, 0.2) is 29.2 Å². The van der Waals surface area contributed by atoms with Crippen molar-refractivity contribution >= 4 is 28.6 Å². The van der Waals surface area contributed by atoms with E-state index in [9.17, 15) is 4.79 Å². The predicted octanol–water partition coefficient (Wildman–Crippen LogP) is 3.57. The van der Waals surface area contributed by atoms with Crippen molar-refractivity contribution in [3.63, 3.8) is 0 Å². The maximum absolute atomic E-state index is 11.0. The molecule has 13 heavy (non-hydrogen) atoms. The van der Waals surface area contributed by atoms with Crippen LogP contribution < -0.4 is 0 Å². The van der Waals surface area contributed by atoms with Crippen molar-refractivity contribution in [1.82, 2.24) is 0 Å². The Kier molecular flexibility index (Phi) is 3.82. The Balaban J connectivity index is 2.98. The minimum atomic E-state index is -0.385. The molecule has 1 aromatic carbocycles. The van der Waals surface area contributed by atoms with Crippen molar-refractivity contribution in [2.45, 2.75) is 24.0 Å². The van der Waals surface area contributed by atoms with Crippen LogP contribution >= 0.6 is 23.4 Å². The lowest BCUT2D eigenvalue weighted by molar-refractivity contribution is 0.107. The molecule has 0 unspecified atom stereocenters. The second kappa shape index (κ2) is 4.68. The van der Waals surface area contributed by atoms with Gasteiger partial charge in [0, 0.05) is 15.7 Å². The van der Waals surface area contributed by atoms with E-state index in [1.165, 1.54) is 0 Å². The second-order valence-electron chi connectivity index (χ2n) is 2.94. The Morgan fingerprint density at radius 3 is 2.54 bits per heavy atom. The van der Waals surface area contributed by atoms with Crippen molar-refractivity contribution in [3.8, 4) is 0 Å². The molecule has 0 aliphatic rings. The molecule has 0 atom stereocenters. The molecule has 0 saturated heterocycles. The summed E-state index contributed by atoms with van der Waals surface area (Å²) in [6.45, 7) is 4.17. The minimum Gasteiger partial charge on any atom is -0.276 e. The Morgan fingerprint density at radius 1 is 1.38 bits per heavy atom. The van der Waals surface area contributed by atoms with E-state index in [-0.39, 0.29) is 5.24 Å². The van der Waals surface area contributed by atoms with Gasteiger partial charge in [-0.25, -0.2) is 0 Å². The lowest BCUT2D eigenvalue weighted by Gasteiger charge is -2.07. The normalized spacial score (nSPS) is 10.5. The van der Waals surface area contributed by atoms with Gasteiger partial charge in [0.1, 0.15) is 0 Å². The number of rotatable bonds is 3. The van der Waals surface area contributed by atoms with Crippen LogP contribution in [0.2, 0.25) is 0 Å². The number of halogens is 1. The monoisotopic (exact) mass is 214 g/mol. The highest BCUT2D eigenvalue weighted by molar-refractivity contribution is 8.00. The van der Waals surface area contributed by atoms with Crippen molar-refractivity contribution in [2.75, 3.05) is 0 Å². The molecule has 1 rings (SSSR count). The molecule has 0 aliphatic carbocycles. The Hall–Kier alpha value is -0.470. The van der Waals surface area contributed by atoms with Crippen LogP contribution in [0.4, 0.5) is 0 Å². The fourth-order valence-corrected chi connectivity index (χ4v) is 2.16. The van der Waals surface area contributed by atoms with Gasteiger partial charge in [0.05, 0.1) is 0 Å². The summed E-state index contributed by atoms with van der Waals surface area (Å²) >= 11 is 7.09. The summed E-state index contributed by atoms with van der Waals surface area (Å²) < 4.78 is 0. The first-order valence-corrected chi connectivity index (χ1v) is 5.32. The molecule has 0 spiro atoms. The predicted molar refractivity (Wildman–Crippen MR) is 57.6 cm³/mol. The van der Waals surface area contributed by atoms with Crippen molar-refractivity contribution < 1.29 is 4.79 Å². The van der Waals surface area contributed by atoms with Crippen LogP contribution in [0, 0.1) is 0 Å². The summed E-state index contributed by atoms with van der Waals surface area (Å²) in [5.74, 6) is 0. The molecule has 0 fully saturated rings. The van der Waals surface area contributed by atoms with E-state index in [4.69, 9.17) is 11.6 Å². The number of carbonyl (C=O) groups excluding carboxylic acids is 1. The summed E-state index contributed by atoms with van der Waals surface area (Å²) in [5.41, 5.74) is 0.600. The van der Waals surface area contributed by atoms with Crippen LogP contribution in [-0.2, 0) is 0 Å². The molecule has 0 saturated carbocycles. The lowest BCUT2D eigenvalue weighted by Crippen LogP contribution is -1.94. The first-order valence-electron chi connectivity index (χ1n) is 4.06. The number of hydrogen-bond acceptors (Lipinski definition) is 2. The van der Waals surface area contributed by atoms with Gasteiger partial charge in [0.15, 0.2) is 0 Å². The van der Waals surface area contributed by atoms with Crippen molar-refractivity contribution in [1.29, 1.82) is 0 Å². The van der Waals surface area contributed by atoms with Crippen molar-refractivity contribution in [3.05, 3.63) is 29.8 Å². The van der Waals surface area contributed by atoms with Gasteiger partial charge in [0.25, 0.3) is 5.24 Å². The fourth-order valence-electron chi connectivity index (χ4n) is 0.986. The summed E-state index contributed by atoms with van der Waals surface area (Å²) in [5, 5.41) is 0.0703. The van der Waals surface area contributed by atoms with E-state index < -0.39 is 0 Å². The SMILES string of the molecule is CC(C)Sc1ccccc1C(=O)Cl. The van der Waals surface area contributed by atoms with Crippen LogP contribution in [0.1, 0.15) is 24.2 Å². The fraction of sp³-hybridized carbons (Fsp3) is 0.300. The molecule has 0 aromatic heterocycles. The third-order valence-electron chi connectivity index (χ3n) is 1.46. The highest BCUT2D eigenvalue weighted by Crippen LogP contribution is 2.27. The van der Waals surface area contributed by atoms with Crippen LogP contribution in [0.5, 0.6) is 0 Å². The molecule has 3 heteroatoms. The molecule has 1 aromatic rings. The average Bonchev–Trinajstić information content (AvgIpc) is 2.03. The second-order valence-corrected chi connectivity index (χ2v) is 4.90. The Labute approximate surface area is 87.5 Å². The summed E-state index contributed by atoms with van der Waals surface area (Å²) in [6, 6.07) is 7.40. The quantitative estimate of drug-likeness (QED) is 0.565. The summed E-state index contributed by atoms with van der Waals surface area (Å²) in [4.78, 5) is 12.0. The minimum absolute atomic E-state index is 0.385. The number of carbonyl (C=O) groups is 1. The zero-order valence-electron chi connectivity index (χ0n) is 7.58. The van der Waals surface area contributed by atoms with Gasteiger partial charge in [0.2, 0.25) is 0 Å². The van der Waals surface area contributed by atoms with Crippen LogP contribution in [0.25, 0.3) is 0 Å². The number of thioether (sulfide) groups is 1. The van der Waals surface area contributed by atoms with Gasteiger partial charge in [-0.3, -0.25) is 4.79 Å². The van der Waals surface area contributed by atoms with E-state index in [0.717, 1.165) is 4.90 Å². The highest BCUT2D eigenvalue weighted by Gasteiger charge is 2.09. The van der Waals surface area contributed by atoms with Crippen molar-refractivity contribution in [2.24, 2.45) is 0 Å². The number of hydrogen-bond donors (Lipinski definition) is 0. The highest BCUT2D eigenvalue weighted by atomic mass is 35.5. The van der Waals surface area contributed by atoms with Gasteiger partial charge in [-0.15, -0.1) is 11.8 Å². The first-order chi connectivity index (χ1) is 6.11. The van der Waals surface area contributed by atoms with E-state index in [0.29, 0.717) is 10.8 Å². The molecule has 0 radical (unpaired) electrons. The summed E-state index contributed by atoms with van der Waals surface area (Å²) in [7, 11) is 0. The van der Waals surface area contributed by atoms with Crippen LogP contribution in [0.3, 0.4) is 0 Å². The smallest absolute Gasteiger partial charge is 0.253 e. The van der Waals surface area contributed by atoms with E-state index in [1.54, 1.807) is 17.8 Å². The topological polar surface area (TPSA) is 17.1 Å². The zero-order chi connectivity index (χ0) is 9.84. The molecular formula is C10H11ClOS. The first kappa shape index (κ1) is 10.6. The molecule has 0 N–H and O–H groups in total. The lowest BCUT2D eigenvalue weighted by atomic mass is 10.2. The maximum atomic E-state index is 11.0. The molecule has 0 amide bonds. The molecule has 1 nitrogen and oxygen atoms in total. The molecule has 70 valence electrons. The van der Waals surface area contributed by atoms with E-state index in [2.05, 4.69) is 13.8 Å². The Bertz CT molecular complexity index is 310.